The highest BCUT2D eigenvalue weighted by Crippen LogP contribution is 2.27. The van der Waals surface area contributed by atoms with Crippen LogP contribution in [0.4, 0.5) is 15.8 Å². The second kappa shape index (κ2) is 10.7. The lowest BCUT2D eigenvalue weighted by Gasteiger charge is -2.28. The number of anilines is 2. The van der Waals surface area contributed by atoms with Crippen molar-refractivity contribution < 1.29 is 9.18 Å². The number of amides is 1. The molecule has 0 saturated carbocycles. The summed E-state index contributed by atoms with van der Waals surface area (Å²) in [6.45, 7) is 3.67. The number of rotatable bonds is 8. The summed E-state index contributed by atoms with van der Waals surface area (Å²) >= 11 is 0. The van der Waals surface area contributed by atoms with E-state index in [2.05, 4.69) is 44.8 Å². The lowest BCUT2D eigenvalue weighted by atomic mass is 10.00. The third-order valence-corrected chi connectivity index (χ3v) is 6.55. The van der Waals surface area contributed by atoms with Crippen LogP contribution >= 0.6 is 0 Å². The molecular weight excluding hydrogens is 455 g/mol. The molecule has 184 valence electrons. The molecule has 0 aliphatic carbocycles. The third kappa shape index (κ3) is 5.78. The van der Waals surface area contributed by atoms with Crippen molar-refractivity contribution in [1.29, 1.82) is 0 Å². The van der Waals surface area contributed by atoms with Gasteiger partial charge in [0.2, 0.25) is 5.91 Å². The Hall–Kier alpha value is -4.04. The summed E-state index contributed by atoms with van der Waals surface area (Å²) in [5.74, 6) is -0.448. The lowest BCUT2D eigenvalue weighted by molar-refractivity contribution is -0.116. The van der Waals surface area contributed by atoms with Crippen molar-refractivity contribution in [3.05, 3.63) is 95.6 Å². The molecule has 1 amide bonds. The second-order valence-electron chi connectivity index (χ2n) is 9.12. The van der Waals surface area contributed by atoms with Crippen LogP contribution in [0.2, 0.25) is 0 Å². The van der Waals surface area contributed by atoms with E-state index < -0.39 is 0 Å². The quantitative estimate of drug-likeness (QED) is 0.364. The number of hydrogen-bond donors (Lipinski definition) is 2. The van der Waals surface area contributed by atoms with Gasteiger partial charge in [0.25, 0.3) is 0 Å². The molecule has 1 aliphatic rings. The minimum atomic E-state index is -0.295. The first-order valence-corrected chi connectivity index (χ1v) is 12.2. The maximum atomic E-state index is 13.2. The van der Waals surface area contributed by atoms with Gasteiger partial charge in [-0.3, -0.25) is 14.4 Å². The summed E-state index contributed by atoms with van der Waals surface area (Å²) in [5, 5.41) is 11.4. The smallest absolute Gasteiger partial charge is 0.224 e. The van der Waals surface area contributed by atoms with Crippen LogP contribution in [0.1, 0.15) is 23.2 Å². The summed E-state index contributed by atoms with van der Waals surface area (Å²) < 4.78 is 15.1. The molecule has 7 nitrogen and oxygen atoms in total. The monoisotopic (exact) mass is 484 g/mol. The number of nitrogens with two attached hydrogens (primary N) is 1. The van der Waals surface area contributed by atoms with Crippen molar-refractivity contribution >= 4 is 17.3 Å². The fraction of sp³-hybridized carbons (Fsp3) is 0.250. The van der Waals surface area contributed by atoms with Crippen LogP contribution in [0.25, 0.3) is 11.1 Å². The van der Waals surface area contributed by atoms with Gasteiger partial charge in [-0.15, -0.1) is 5.10 Å². The molecule has 8 heteroatoms. The van der Waals surface area contributed by atoms with Crippen LogP contribution in [0.3, 0.4) is 0 Å². The first-order valence-electron chi connectivity index (χ1n) is 12.2. The fourth-order valence-corrected chi connectivity index (χ4v) is 4.49. The van der Waals surface area contributed by atoms with E-state index in [0.29, 0.717) is 17.8 Å². The maximum absolute atomic E-state index is 13.2. The van der Waals surface area contributed by atoms with Gasteiger partial charge in [0, 0.05) is 38.7 Å². The summed E-state index contributed by atoms with van der Waals surface area (Å²) in [4.78, 5) is 15.0. The van der Waals surface area contributed by atoms with Crippen LogP contribution in [-0.2, 0) is 30.7 Å². The number of nitrogens with zero attached hydrogens (tertiary/aromatic N) is 4. The largest absolute Gasteiger partial charge is 0.397 e. The molecule has 0 fully saturated rings. The average molecular weight is 485 g/mol. The fourth-order valence-electron chi connectivity index (χ4n) is 4.49. The number of aryl methyl sites for hydroxylation is 1. The molecule has 1 aromatic heterocycles. The highest BCUT2D eigenvalue weighted by molar-refractivity contribution is 5.95. The van der Waals surface area contributed by atoms with E-state index in [1.165, 1.54) is 23.3 Å². The van der Waals surface area contributed by atoms with Crippen molar-refractivity contribution in [2.24, 2.45) is 0 Å². The Balaban J connectivity index is 1.11. The number of hydrogen-bond acceptors (Lipinski definition) is 5. The van der Waals surface area contributed by atoms with Crippen molar-refractivity contribution in [3.8, 4) is 11.1 Å². The van der Waals surface area contributed by atoms with E-state index in [4.69, 9.17) is 5.73 Å². The van der Waals surface area contributed by atoms with Gasteiger partial charge in [0.15, 0.2) is 0 Å². The molecule has 1 aliphatic heterocycles. The predicted molar refractivity (Wildman–Crippen MR) is 139 cm³/mol. The van der Waals surface area contributed by atoms with Crippen LogP contribution in [0.15, 0.2) is 72.9 Å². The van der Waals surface area contributed by atoms with Gasteiger partial charge >= 0.3 is 0 Å². The molecule has 0 radical (unpaired) electrons. The highest BCUT2D eigenvalue weighted by atomic mass is 19.1. The summed E-state index contributed by atoms with van der Waals surface area (Å²) in [5.41, 5.74) is 12.4. The number of nitrogens with one attached hydrogen (secondary N) is 1. The molecule has 3 aromatic carbocycles. The standard InChI is InChI=1S/C28H29FN6O/c29-24-8-5-21(6-9-24)22-7-11-26(30)27(17-22)31-28(36)12-10-25-19-35(33-32-25)16-15-34-14-13-20-3-1-2-4-23(20)18-34/h1-9,11,17,19H,10,12-16,18,30H2,(H,31,36). The van der Waals surface area contributed by atoms with Gasteiger partial charge in [-0.1, -0.05) is 47.7 Å². The second-order valence-corrected chi connectivity index (χ2v) is 9.12. The zero-order chi connectivity index (χ0) is 24.9. The first-order chi connectivity index (χ1) is 17.5. The maximum Gasteiger partial charge on any atom is 0.224 e. The Morgan fingerprint density at radius 3 is 2.61 bits per heavy atom. The number of halogens is 1. The van der Waals surface area contributed by atoms with E-state index in [1.807, 2.05) is 16.9 Å². The summed E-state index contributed by atoms with van der Waals surface area (Å²) in [6.07, 6.45) is 3.74. The zero-order valence-corrected chi connectivity index (χ0v) is 20.0. The van der Waals surface area contributed by atoms with Gasteiger partial charge < -0.3 is 11.1 Å². The van der Waals surface area contributed by atoms with E-state index in [9.17, 15) is 9.18 Å². The third-order valence-electron chi connectivity index (χ3n) is 6.55. The van der Waals surface area contributed by atoms with Crippen molar-refractivity contribution in [2.45, 2.75) is 32.4 Å². The van der Waals surface area contributed by atoms with Gasteiger partial charge in [0.05, 0.1) is 23.6 Å². The first kappa shape index (κ1) is 23.7. The molecule has 3 N–H and O–H groups in total. The minimum Gasteiger partial charge on any atom is -0.397 e. The Bertz CT molecular complexity index is 1350. The number of nitrogen functional groups attached to an aromatic ring is 1. The topological polar surface area (TPSA) is 89.1 Å². The highest BCUT2D eigenvalue weighted by Gasteiger charge is 2.16. The minimum absolute atomic E-state index is 0.153. The molecule has 36 heavy (non-hydrogen) atoms. The molecular formula is C28H29FN6O. The predicted octanol–water partition coefficient (Wildman–Crippen LogP) is 4.30. The van der Waals surface area contributed by atoms with Gasteiger partial charge in [0.1, 0.15) is 5.82 Å². The Kier molecular flexibility index (Phi) is 7.04. The molecule has 0 bridgehead atoms. The summed E-state index contributed by atoms with van der Waals surface area (Å²) in [6, 6.07) is 20.2. The molecule has 0 atom stereocenters. The summed E-state index contributed by atoms with van der Waals surface area (Å²) in [7, 11) is 0. The number of carbonyl (C=O) groups excluding carboxylic acids is 1. The Labute approximate surface area is 209 Å². The van der Waals surface area contributed by atoms with Crippen LogP contribution in [0.5, 0.6) is 0 Å². The van der Waals surface area contributed by atoms with Crippen molar-refractivity contribution in [2.75, 3.05) is 24.1 Å². The molecule has 4 aromatic rings. The van der Waals surface area contributed by atoms with E-state index >= 15 is 0 Å². The molecule has 2 heterocycles. The van der Waals surface area contributed by atoms with Gasteiger partial charge in [-0.25, -0.2) is 4.39 Å². The van der Waals surface area contributed by atoms with Crippen molar-refractivity contribution in [1.82, 2.24) is 19.9 Å². The van der Waals surface area contributed by atoms with Crippen molar-refractivity contribution in [3.63, 3.8) is 0 Å². The number of carbonyl (C=O) groups is 1. The van der Waals surface area contributed by atoms with Crippen LogP contribution in [0, 0.1) is 5.82 Å². The Morgan fingerprint density at radius 1 is 1.00 bits per heavy atom. The van der Waals surface area contributed by atoms with Crippen LogP contribution in [-0.4, -0.2) is 38.9 Å². The van der Waals surface area contributed by atoms with Gasteiger partial charge in [-0.05, 0) is 52.9 Å². The molecule has 0 spiro atoms. The van der Waals surface area contributed by atoms with E-state index in [-0.39, 0.29) is 18.1 Å². The SMILES string of the molecule is Nc1ccc(-c2ccc(F)cc2)cc1NC(=O)CCc1cn(CCN2CCc3ccccc3C2)nn1. The number of benzene rings is 3. The van der Waals surface area contributed by atoms with E-state index in [0.717, 1.165) is 49.4 Å². The molecule has 0 unspecified atom stereocenters. The Morgan fingerprint density at radius 2 is 1.78 bits per heavy atom. The average Bonchev–Trinajstić information content (AvgIpc) is 3.36. The zero-order valence-electron chi connectivity index (χ0n) is 20.0. The normalized spacial score (nSPS) is 13.4. The molecule has 0 saturated heterocycles. The number of fused-ring (bicyclic) bond motifs is 1. The molecule has 5 rings (SSSR count). The number of aromatic nitrogens is 3. The van der Waals surface area contributed by atoms with E-state index in [1.54, 1.807) is 24.3 Å². The van der Waals surface area contributed by atoms with Crippen LogP contribution < -0.4 is 11.1 Å². The van der Waals surface area contributed by atoms with Gasteiger partial charge in [-0.2, -0.15) is 0 Å². The lowest BCUT2D eigenvalue weighted by Crippen LogP contribution is -2.33.